The number of halogens is 3. The maximum Gasteiger partial charge on any atom is 0.259 e. The van der Waals surface area contributed by atoms with E-state index in [1.807, 2.05) is 36.4 Å². The number of primary amides is 1. The van der Waals surface area contributed by atoms with Gasteiger partial charge in [-0.2, -0.15) is 5.26 Å². The number of nitrogens with two attached hydrogens (primary N) is 1. The first-order valence-corrected chi connectivity index (χ1v) is 9.22. The number of nitrogens with zero attached hydrogens (tertiary/aromatic N) is 1. The van der Waals surface area contributed by atoms with Crippen LogP contribution in [-0.4, -0.2) is 5.91 Å². The summed E-state index contributed by atoms with van der Waals surface area (Å²) in [4.78, 5) is 11.1. The summed E-state index contributed by atoms with van der Waals surface area (Å²) in [5.74, 6) is 0.00599. The molecule has 4 nitrogen and oxygen atoms in total. The number of carbonyl (C=O) groups excluding carboxylic acids is 1. The van der Waals surface area contributed by atoms with Crippen LogP contribution in [0.1, 0.15) is 11.1 Å². The van der Waals surface area contributed by atoms with Crippen LogP contribution in [0.4, 0.5) is 0 Å². The van der Waals surface area contributed by atoms with Crippen LogP contribution in [0.15, 0.2) is 42.0 Å². The van der Waals surface area contributed by atoms with Gasteiger partial charge in [0.1, 0.15) is 24.0 Å². The normalized spacial score (nSPS) is 11.0. The van der Waals surface area contributed by atoms with Crippen molar-refractivity contribution in [2.45, 2.75) is 6.61 Å². The Kier molecular flexibility index (Phi) is 6.89. The third kappa shape index (κ3) is 5.09. The minimum Gasteiger partial charge on any atom is -0.487 e. The van der Waals surface area contributed by atoms with Gasteiger partial charge in [-0.15, -0.1) is 0 Å². The predicted molar refractivity (Wildman–Crippen MR) is 110 cm³/mol. The van der Waals surface area contributed by atoms with E-state index in [4.69, 9.17) is 27.3 Å². The molecule has 0 radical (unpaired) electrons. The van der Waals surface area contributed by atoms with Gasteiger partial charge in [0.15, 0.2) is 0 Å². The monoisotopic (exact) mass is 564 g/mol. The van der Waals surface area contributed by atoms with Crippen molar-refractivity contribution < 1.29 is 9.53 Å². The predicted octanol–water partition coefficient (Wildman–Crippen LogP) is 4.52. The summed E-state index contributed by atoms with van der Waals surface area (Å²) in [6.07, 6.45) is 1.47. The lowest BCUT2D eigenvalue weighted by Gasteiger charge is -2.12. The molecular weight excluding hydrogens is 553 g/mol. The van der Waals surface area contributed by atoms with Crippen LogP contribution in [0.25, 0.3) is 6.08 Å². The number of nitriles is 1. The minimum atomic E-state index is -0.745. The molecule has 0 aliphatic rings. The topological polar surface area (TPSA) is 76.1 Å². The van der Waals surface area contributed by atoms with Crippen molar-refractivity contribution in [2.75, 3.05) is 0 Å². The lowest BCUT2D eigenvalue weighted by molar-refractivity contribution is -0.114. The zero-order valence-electron chi connectivity index (χ0n) is 12.2. The fraction of sp³-hybridized carbons (Fsp3) is 0.0588. The minimum absolute atomic E-state index is 0.0866. The Morgan fingerprint density at radius 3 is 2.33 bits per heavy atom. The summed E-state index contributed by atoms with van der Waals surface area (Å²) in [5, 5.41) is 9.61. The van der Waals surface area contributed by atoms with Crippen LogP contribution in [0.5, 0.6) is 5.75 Å². The lowest BCUT2D eigenvalue weighted by atomic mass is 10.1. The van der Waals surface area contributed by atoms with Crippen LogP contribution in [0.2, 0.25) is 5.02 Å². The molecule has 0 bridgehead atoms. The molecule has 122 valence electrons. The first-order valence-electron chi connectivity index (χ1n) is 6.68. The summed E-state index contributed by atoms with van der Waals surface area (Å²) >= 11 is 10.2. The van der Waals surface area contributed by atoms with Crippen LogP contribution >= 0.6 is 56.8 Å². The van der Waals surface area contributed by atoms with Crippen LogP contribution in [0.3, 0.4) is 0 Å². The standard InChI is InChI=1S/C17H11ClI2N2O2/c18-13-3-1-10(2-4-13)9-24-16-14(19)6-11(7-15(16)20)5-12(8-21)17(22)23/h1-7H,9H2,(H2,22,23). The van der Waals surface area contributed by atoms with Gasteiger partial charge >= 0.3 is 0 Å². The average Bonchev–Trinajstić information content (AvgIpc) is 2.53. The smallest absolute Gasteiger partial charge is 0.259 e. The Hall–Kier alpha value is -1.31. The fourth-order valence-electron chi connectivity index (χ4n) is 1.86. The summed E-state index contributed by atoms with van der Waals surface area (Å²) in [6, 6.07) is 12.9. The largest absolute Gasteiger partial charge is 0.487 e. The van der Waals surface area contributed by atoms with E-state index in [-0.39, 0.29) is 5.57 Å². The maximum absolute atomic E-state index is 11.1. The Morgan fingerprint density at radius 1 is 1.25 bits per heavy atom. The first kappa shape index (κ1) is 19.0. The number of hydrogen-bond donors (Lipinski definition) is 1. The molecule has 0 atom stereocenters. The van der Waals surface area contributed by atoms with E-state index in [1.165, 1.54) is 6.08 Å². The molecular formula is C17H11ClI2N2O2. The van der Waals surface area contributed by atoms with Crippen molar-refractivity contribution >= 4 is 68.8 Å². The average molecular weight is 565 g/mol. The second kappa shape index (κ2) is 8.69. The molecule has 0 heterocycles. The molecule has 0 fully saturated rings. The van der Waals surface area contributed by atoms with Crippen molar-refractivity contribution in [3.63, 3.8) is 0 Å². The highest BCUT2D eigenvalue weighted by molar-refractivity contribution is 14.1. The van der Waals surface area contributed by atoms with Gasteiger partial charge in [-0.05, 0) is 86.7 Å². The van der Waals surface area contributed by atoms with Crippen LogP contribution in [-0.2, 0) is 11.4 Å². The number of amides is 1. The molecule has 7 heteroatoms. The SMILES string of the molecule is N#CC(=Cc1cc(I)c(OCc2ccc(Cl)cc2)c(I)c1)C(N)=O. The van der Waals surface area contributed by atoms with E-state index < -0.39 is 5.91 Å². The van der Waals surface area contributed by atoms with Gasteiger partial charge < -0.3 is 10.5 Å². The van der Waals surface area contributed by atoms with Crippen molar-refractivity contribution in [1.29, 1.82) is 5.26 Å². The van der Waals surface area contributed by atoms with Crippen molar-refractivity contribution in [3.8, 4) is 11.8 Å². The Morgan fingerprint density at radius 2 is 1.83 bits per heavy atom. The van der Waals surface area contributed by atoms with Crippen LogP contribution < -0.4 is 10.5 Å². The zero-order chi connectivity index (χ0) is 17.7. The fourth-order valence-corrected chi connectivity index (χ4v) is 4.12. The van der Waals surface area contributed by atoms with Gasteiger partial charge in [-0.3, -0.25) is 4.79 Å². The van der Waals surface area contributed by atoms with E-state index in [0.29, 0.717) is 11.6 Å². The Bertz CT molecular complexity index is 820. The van der Waals surface area contributed by atoms with Crippen molar-refractivity contribution in [3.05, 3.63) is 65.3 Å². The van der Waals surface area contributed by atoms with Gasteiger partial charge in [0.25, 0.3) is 5.91 Å². The molecule has 0 saturated heterocycles. The zero-order valence-corrected chi connectivity index (χ0v) is 17.3. The number of ether oxygens (including phenoxy) is 1. The highest BCUT2D eigenvalue weighted by atomic mass is 127. The summed E-state index contributed by atoms with van der Waals surface area (Å²) < 4.78 is 7.64. The molecule has 0 aliphatic heterocycles. The van der Waals surface area contributed by atoms with Crippen molar-refractivity contribution in [1.82, 2.24) is 0 Å². The second-order valence-corrected chi connectivity index (χ2v) is 7.52. The first-order chi connectivity index (χ1) is 11.4. The van der Waals surface area contributed by atoms with E-state index >= 15 is 0 Å². The molecule has 2 N–H and O–H groups in total. The second-order valence-electron chi connectivity index (χ2n) is 4.76. The van der Waals surface area contributed by atoms with Crippen molar-refractivity contribution in [2.24, 2.45) is 5.73 Å². The van der Waals surface area contributed by atoms with Gasteiger partial charge in [-0.25, -0.2) is 0 Å². The third-order valence-electron chi connectivity index (χ3n) is 3.01. The summed E-state index contributed by atoms with van der Waals surface area (Å²) in [6.45, 7) is 0.420. The molecule has 0 aliphatic carbocycles. The summed E-state index contributed by atoms with van der Waals surface area (Å²) in [5.41, 5.74) is 6.80. The molecule has 0 spiro atoms. The maximum atomic E-state index is 11.1. The van der Waals surface area contributed by atoms with Gasteiger partial charge in [-0.1, -0.05) is 23.7 Å². The Balaban J connectivity index is 2.22. The number of rotatable bonds is 5. The summed E-state index contributed by atoms with van der Waals surface area (Å²) in [7, 11) is 0. The molecule has 24 heavy (non-hydrogen) atoms. The van der Waals surface area contributed by atoms with E-state index in [1.54, 1.807) is 6.07 Å². The molecule has 0 aromatic heterocycles. The third-order valence-corrected chi connectivity index (χ3v) is 4.87. The Labute approximate surface area is 171 Å². The lowest BCUT2D eigenvalue weighted by Crippen LogP contribution is -2.12. The van der Waals surface area contributed by atoms with E-state index in [9.17, 15) is 4.79 Å². The van der Waals surface area contributed by atoms with E-state index in [2.05, 4.69) is 45.2 Å². The van der Waals surface area contributed by atoms with Gasteiger partial charge in [0, 0.05) is 5.02 Å². The molecule has 0 unspecified atom stereocenters. The molecule has 0 saturated carbocycles. The number of benzene rings is 2. The number of hydrogen-bond acceptors (Lipinski definition) is 3. The molecule has 1 amide bonds. The quantitative estimate of drug-likeness (QED) is 0.330. The van der Waals surface area contributed by atoms with Gasteiger partial charge in [0.05, 0.1) is 7.14 Å². The number of carbonyl (C=O) groups is 1. The van der Waals surface area contributed by atoms with Crippen LogP contribution in [0, 0.1) is 18.5 Å². The highest BCUT2D eigenvalue weighted by Gasteiger charge is 2.10. The molecule has 2 rings (SSSR count). The molecule has 2 aromatic rings. The highest BCUT2D eigenvalue weighted by Crippen LogP contribution is 2.30. The van der Waals surface area contributed by atoms with Gasteiger partial charge in [0.2, 0.25) is 0 Å². The molecule has 2 aromatic carbocycles. The van der Waals surface area contributed by atoms with E-state index in [0.717, 1.165) is 24.0 Å².